The second-order valence-electron chi connectivity index (χ2n) is 12.1. The molecule has 4 nitrogen and oxygen atoms in total. The molecule has 0 spiro atoms. The number of ether oxygens (including phenoxy) is 2. The van der Waals surface area contributed by atoms with Gasteiger partial charge in [0.15, 0.2) is 0 Å². The number of unbranched alkanes of at least 4 members (excludes halogenated alkanes) is 20. The Labute approximate surface area is 232 Å². The fourth-order valence-electron chi connectivity index (χ4n) is 5.81. The third-order valence-corrected chi connectivity index (χ3v) is 8.69. The summed E-state index contributed by atoms with van der Waals surface area (Å²) in [5, 5.41) is 0. The first kappa shape index (κ1) is 34.6. The Kier molecular flexibility index (Phi) is 24.1. The number of hydrogen-bond acceptors (Lipinski definition) is 3. The highest BCUT2D eigenvalue weighted by atomic mass is 16.5. The SMILES string of the molecule is CCCCCCCCCCCCCCOCC(CCCCCCCCCCCC=O)[N+]1(C)CCOCC1. The summed E-state index contributed by atoms with van der Waals surface area (Å²) in [4.78, 5) is 10.4. The van der Waals surface area contributed by atoms with Crippen molar-refractivity contribution < 1.29 is 18.8 Å². The second kappa shape index (κ2) is 25.8. The van der Waals surface area contributed by atoms with Gasteiger partial charge in [-0.05, 0) is 19.3 Å². The van der Waals surface area contributed by atoms with E-state index in [9.17, 15) is 4.79 Å². The van der Waals surface area contributed by atoms with Crippen LogP contribution in [-0.2, 0) is 14.3 Å². The molecule has 1 heterocycles. The Balaban J connectivity index is 2.07. The molecule has 1 unspecified atom stereocenters. The molecule has 1 aliphatic heterocycles. The molecule has 220 valence electrons. The first-order valence-electron chi connectivity index (χ1n) is 16.7. The first-order valence-corrected chi connectivity index (χ1v) is 16.7. The fourth-order valence-corrected chi connectivity index (χ4v) is 5.81. The van der Waals surface area contributed by atoms with Crippen molar-refractivity contribution in [1.29, 1.82) is 0 Å². The number of likely N-dealkylation sites (N-methyl/N-ethyl adjacent to an activating group) is 1. The molecule has 0 saturated carbocycles. The lowest BCUT2D eigenvalue weighted by molar-refractivity contribution is -0.941. The largest absolute Gasteiger partial charge is 0.375 e. The molecule has 1 atom stereocenters. The van der Waals surface area contributed by atoms with Crippen LogP contribution in [0.15, 0.2) is 0 Å². The minimum absolute atomic E-state index is 0.624. The van der Waals surface area contributed by atoms with Crippen LogP contribution in [0.3, 0.4) is 0 Å². The zero-order valence-electron chi connectivity index (χ0n) is 25.3. The molecule has 0 radical (unpaired) electrons. The Morgan fingerprint density at radius 1 is 0.676 bits per heavy atom. The van der Waals surface area contributed by atoms with Crippen LogP contribution in [0.2, 0.25) is 0 Å². The molecule has 1 saturated heterocycles. The van der Waals surface area contributed by atoms with E-state index in [0.717, 1.165) is 63.1 Å². The van der Waals surface area contributed by atoms with Gasteiger partial charge >= 0.3 is 0 Å². The van der Waals surface area contributed by atoms with Crippen LogP contribution in [0.25, 0.3) is 0 Å². The van der Waals surface area contributed by atoms with Gasteiger partial charge in [-0.25, -0.2) is 0 Å². The van der Waals surface area contributed by atoms with Gasteiger partial charge in [0, 0.05) is 19.4 Å². The summed E-state index contributed by atoms with van der Waals surface area (Å²) in [6.45, 7) is 8.24. The van der Waals surface area contributed by atoms with Crippen LogP contribution >= 0.6 is 0 Å². The number of quaternary nitrogens is 1. The van der Waals surface area contributed by atoms with E-state index >= 15 is 0 Å². The monoisotopic (exact) mass is 525 g/mol. The zero-order chi connectivity index (χ0) is 26.7. The number of carbonyl (C=O) groups excluding carboxylic acids is 1. The van der Waals surface area contributed by atoms with Crippen molar-refractivity contribution >= 4 is 6.29 Å². The molecule has 1 rings (SSSR count). The summed E-state index contributed by atoms with van der Waals surface area (Å²) in [5.74, 6) is 0. The molecule has 0 aromatic heterocycles. The first-order chi connectivity index (χ1) is 18.2. The van der Waals surface area contributed by atoms with E-state index in [-0.39, 0.29) is 0 Å². The Morgan fingerprint density at radius 3 is 1.65 bits per heavy atom. The van der Waals surface area contributed by atoms with Gasteiger partial charge in [-0.2, -0.15) is 0 Å². The molecule has 4 heteroatoms. The normalized spacial score (nSPS) is 16.2. The van der Waals surface area contributed by atoms with Gasteiger partial charge in [-0.3, -0.25) is 0 Å². The van der Waals surface area contributed by atoms with Gasteiger partial charge in [-0.15, -0.1) is 0 Å². The summed E-state index contributed by atoms with van der Waals surface area (Å²) in [7, 11) is 2.44. The molecule has 1 fully saturated rings. The maximum absolute atomic E-state index is 10.4. The van der Waals surface area contributed by atoms with E-state index in [0.29, 0.717) is 6.04 Å². The van der Waals surface area contributed by atoms with E-state index in [2.05, 4.69) is 14.0 Å². The van der Waals surface area contributed by atoms with Crippen molar-refractivity contribution in [2.24, 2.45) is 0 Å². The number of aldehydes is 1. The summed E-state index contributed by atoms with van der Waals surface area (Å²) in [6, 6.07) is 0.624. The van der Waals surface area contributed by atoms with Crippen LogP contribution < -0.4 is 0 Å². The number of rotatable bonds is 28. The van der Waals surface area contributed by atoms with Crippen molar-refractivity contribution in [3.8, 4) is 0 Å². The highest BCUT2D eigenvalue weighted by molar-refractivity contribution is 5.48. The lowest BCUT2D eigenvalue weighted by Gasteiger charge is -2.44. The molecule has 0 bridgehead atoms. The van der Waals surface area contributed by atoms with Gasteiger partial charge in [0.25, 0.3) is 0 Å². The van der Waals surface area contributed by atoms with Crippen LogP contribution in [0.1, 0.15) is 155 Å². The number of carbonyl (C=O) groups is 1. The quantitative estimate of drug-likeness (QED) is 0.0582. The standard InChI is InChI=1S/C33H66NO3/c1-3-4-5-6-7-8-9-12-15-18-21-24-29-37-32-33(34(2)26-30-36-31-27-34)25-22-19-16-13-10-11-14-17-20-23-28-35/h28,33H,3-27,29-32H2,1-2H3/q+1. The molecule has 0 N–H and O–H groups in total. The molecule has 0 aromatic rings. The van der Waals surface area contributed by atoms with Crippen molar-refractivity contribution in [1.82, 2.24) is 0 Å². The molecule has 0 amide bonds. The van der Waals surface area contributed by atoms with E-state index in [1.807, 2.05) is 0 Å². The Bertz CT molecular complexity index is 478. The maximum Gasteiger partial charge on any atom is 0.119 e. The van der Waals surface area contributed by atoms with Crippen LogP contribution in [0.5, 0.6) is 0 Å². The molecule has 37 heavy (non-hydrogen) atoms. The lowest BCUT2D eigenvalue weighted by atomic mass is 10.0. The predicted molar refractivity (Wildman–Crippen MR) is 159 cm³/mol. The van der Waals surface area contributed by atoms with Crippen LogP contribution in [0, 0.1) is 0 Å². The molecule has 0 aromatic carbocycles. The van der Waals surface area contributed by atoms with Gasteiger partial charge in [0.2, 0.25) is 0 Å². The predicted octanol–water partition coefficient (Wildman–Crippen LogP) is 9.04. The smallest absolute Gasteiger partial charge is 0.119 e. The summed E-state index contributed by atoms with van der Waals surface area (Å²) >= 11 is 0. The third kappa shape index (κ3) is 20.2. The van der Waals surface area contributed by atoms with Crippen LogP contribution in [0.4, 0.5) is 0 Å². The number of morpholine rings is 1. The summed E-state index contributed by atoms with van der Waals surface area (Å²) in [5.41, 5.74) is 0. The van der Waals surface area contributed by atoms with E-state index in [1.165, 1.54) is 135 Å². The van der Waals surface area contributed by atoms with Crippen LogP contribution in [-0.4, -0.2) is 63.4 Å². The van der Waals surface area contributed by atoms with Crippen molar-refractivity contribution in [3.63, 3.8) is 0 Å². The fraction of sp³-hybridized carbons (Fsp3) is 0.970. The van der Waals surface area contributed by atoms with E-state index in [4.69, 9.17) is 9.47 Å². The molecule has 1 aliphatic rings. The average Bonchev–Trinajstić information content (AvgIpc) is 2.91. The van der Waals surface area contributed by atoms with E-state index < -0.39 is 0 Å². The minimum atomic E-state index is 0.624. The molecule has 0 aliphatic carbocycles. The average molecular weight is 525 g/mol. The van der Waals surface area contributed by atoms with Gasteiger partial charge in [0.1, 0.15) is 25.4 Å². The molecular formula is C33H66NO3+. The lowest BCUT2D eigenvalue weighted by Crippen LogP contribution is -2.59. The third-order valence-electron chi connectivity index (χ3n) is 8.69. The van der Waals surface area contributed by atoms with Gasteiger partial charge < -0.3 is 18.8 Å². The second-order valence-corrected chi connectivity index (χ2v) is 12.1. The van der Waals surface area contributed by atoms with Gasteiger partial charge in [0.05, 0.1) is 26.9 Å². The topological polar surface area (TPSA) is 35.5 Å². The summed E-state index contributed by atoms with van der Waals surface area (Å²) < 4.78 is 13.1. The van der Waals surface area contributed by atoms with E-state index in [1.54, 1.807) is 0 Å². The number of nitrogens with zero attached hydrogens (tertiary/aromatic N) is 1. The maximum atomic E-state index is 10.4. The van der Waals surface area contributed by atoms with Crippen molar-refractivity contribution in [2.45, 2.75) is 161 Å². The highest BCUT2D eigenvalue weighted by Gasteiger charge is 2.34. The van der Waals surface area contributed by atoms with Crippen molar-refractivity contribution in [3.05, 3.63) is 0 Å². The molecular weight excluding hydrogens is 458 g/mol. The Morgan fingerprint density at radius 2 is 1.14 bits per heavy atom. The Hall–Kier alpha value is -0.450. The number of hydrogen-bond donors (Lipinski definition) is 0. The summed E-state index contributed by atoms with van der Waals surface area (Å²) in [6.07, 6.45) is 31.6. The minimum Gasteiger partial charge on any atom is -0.375 e. The highest BCUT2D eigenvalue weighted by Crippen LogP contribution is 2.21. The van der Waals surface area contributed by atoms with Gasteiger partial charge in [-0.1, -0.05) is 122 Å². The zero-order valence-corrected chi connectivity index (χ0v) is 25.3. The van der Waals surface area contributed by atoms with Crippen molar-refractivity contribution in [2.75, 3.05) is 46.6 Å².